The zero-order valence-corrected chi connectivity index (χ0v) is 7.50. The number of alkyl halides is 5. The minimum absolute atomic E-state index is 1.06. The van der Waals surface area contributed by atoms with E-state index in [0.717, 1.165) is 0 Å². The van der Waals surface area contributed by atoms with Crippen molar-refractivity contribution in [3.8, 4) is 0 Å². The van der Waals surface area contributed by atoms with Crippen molar-refractivity contribution in [2.45, 2.75) is 30.7 Å². The van der Waals surface area contributed by atoms with Crippen LogP contribution in [0.4, 0.5) is 22.0 Å². The molecule has 0 unspecified atom stereocenters. The molecule has 3 nitrogen and oxygen atoms in total. The lowest BCUT2D eigenvalue weighted by molar-refractivity contribution is -0.137. The molecule has 0 bridgehead atoms. The van der Waals surface area contributed by atoms with Crippen LogP contribution in [-0.4, -0.2) is 24.4 Å². The molecule has 0 aliphatic heterocycles. The first-order valence-electron chi connectivity index (χ1n) is 3.37. The van der Waals surface area contributed by atoms with E-state index in [4.69, 9.17) is 4.55 Å². The largest absolute Gasteiger partial charge is 0.389 e. The van der Waals surface area contributed by atoms with Crippen LogP contribution in [0.15, 0.2) is 0 Å². The molecular weight excluding hydrogens is 235 g/mol. The number of hydrogen-bond donors (Lipinski definition) is 1. The summed E-state index contributed by atoms with van der Waals surface area (Å²) in [5, 5.41) is -4.52. The standard InChI is InChI=1S/C5H7F5O3S/c6-4(7,8)2-1-3-5(9,10)14(11,12)13/h1-3H2,(H,11,12,13). The third-order valence-corrected chi connectivity index (χ3v) is 2.26. The predicted octanol–water partition coefficient (Wildman–Crippen LogP) is 2.20. The lowest BCUT2D eigenvalue weighted by Gasteiger charge is -2.12. The summed E-state index contributed by atoms with van der Waals surface area (Å²) in [5.41, 5.74) is 0. The molecule has 0 saturated carbocycles. The van der Waals surface area contributed by atoms with Gasteiger partial charge in [0.1, 0.15) is 0 Å². The molecule has 1 N–H and O–H groups in total. The Hall–Kier alpha value is -0.440. The lowest BCUT2D eigenvalue weighted by atomic mass is 10.2. The van der Waals surface area contributed by atoms with Gasteiger partial charge in [-0.15, -0.1) is 0 Å². The minimum Gasteiger partial charge on any atom is -0.281 e. The Kier molecular flexibility index (Phi) is 3.85. The van der Waals surface area contributed by atoms with Crippen molar-refractivity contribution in [2.75, 3.05) is 0 Å². The van der Waals surface area contributed by atoms with Crippen LogP contribution in [0, 0.1) is 0 Å². The van der Waals surface area contributed by atoms with Crippen LogP contribution in [0.3, 0.4) is 0 Å². The Morgan fingerprint density at radius 1 is 1.00 bits per heavy atom. The van der Waals surface area contributed by atoms with Gasteiger partial charge < -0.3 is 0 Å². The van der Waals surface area contributed by atoms with Crippen molar-refractivity contribution in [1.82, 2.24) is 0 Å². The fourth-order valence-corrected chi connectivity index (χ4v) is 1.03. The molecule has 0 fully saturated rings. The van der Waals surface area contributed by atoms with E-state index in [-0.39, 0.29) is 0 Å². The Bertz CT molecular complexity index is 280. The summed E-state index contributed by atoms with van der Waals surface area (Å²) in [6, 6.07) is 0. The van der Waals surface area contributed by atoms with Gasteiger partial charge in [-0.05, 0) is 6.42 Å². The molecule has 0 aromatic heterocycles. The van der Waals surface area contributed by atoms with Crippen LogP contribution in [0.5, 0.6) is 0 Å². The summed E-state index contributed by atoms with van der Waals surface area (Å²) in [7, 11) is -5.62. The summed E-state index contributed by atoms with van der Waals surface area (Å²) in [4.78, 5) is 0. The van der Waals surface area contributed by atoms with E-state index in [2.05, 4.69) is 0 Å². The zero-order valence-electron chi connectivity index (χ0n) is 6.68. The van der Waals surface area contributed by atoms with E-state index in [1.165, 1.54) is 0 Å². The van der Waals surface area contributed by atoms with Gasteiger partial charge in [0.2, 0.25) is 0 Å². The van der Waals surface area contributed by atoms with Gasteiger partial charge in [-0.2, -0.15) is 30.4 Å². The molecule has 0 radical (unpaired) electrons. The molecule has 0 rings (SSSR count). The topological polar surface area (TPSA) is 54.4 Å². The van der Waals surface area contributed by atoms with Gasteiger partial charge in [0, 0.05) is 12.8 Å². The first-order chi connectivity index (χ1) is 5.96. The molecule has 0 spiro atoms. The van der Waals surface area contributed by atoms with Crippen molar-refractivity contribution in [3.63, 3.8) is 0 Å². The fourth-order valence-electron chi connectivity index (χ4n) is 0.624. The molecule has 9 heteroatoms. The second-order valence-corrected chi connectivity index (χ2v) is 4.13. The molecule has 0 heterocycles. The number of hydrogen-bond acceptors (Lipinski definition) is 2. The molecule has 0 aromatic rings. The highest BCUT2D eigenvalue weighted by molar-refractivity contribution is 7.86. The van der Waals surface area contributed by atoms with Gasteiger partial charge in [0.05, 0.1) is 0 Å². The third kappa shape index (κ3) is 4.70. The van der Waals surface area contributed by atoms with E-state index in [1.54, 1.807) is 0 Å². The Morgan fingerprint density at radius 2 is 1.43 bits per heavy atom. The average Bonchev–Trinajstić information content (AvgIpc) is 1.80. The SMILES string of the molecule is O=S(=O)(O)C(F)(F)CCCC(F)(F)F. The van der Waals surface area contributed by atoms with Crippen LogP contribution in [0.25, 0.3) is 0 Å². The molecule has 0 amide bonds. The van der Waals surface area contributed by atoms with Crippen molar-refractivity contribution in [2.24, 2.45) is 0 Å². The van der Waals surface area contributed by atoms with Crippen LogP contribution in [0.1, 0.15) is 19.3 Å². The Labute approximate surface area is 76.7 Å². The third-order valence-electron chi connectivity index (χ3n) is 1.31. The maximum absolute atomic E-state index is 12.3. The second kappa shape index (κ2) is 3.97. The molecule has 0 atom stereocenters. The quantitative estimate of drug-likeness (QED) is 0.607. The monoisotopic (exact) mass is 242 g/mol. The van der Waals surface area contributed by atoms with Crippen LogP contribution in [-0.2, 0) is 10.1 Å². The van der Waals surface area contributed by atoms with Gasteiger partial charge in [-0.3, -0.25) is 4.55 Å². The van der Waals surface area contributed by atoms with Gasteiger partial charge in [-0.25, -0.2) is 0 Å². The molecule has 0 aliphatic rings. The van der Waals surface area contributed by atoms with E-state index in [1.807, 2.05) is 0 Å². The first kappa shape index (κ1) is 13.6. The van der Waals surface area contributed by atoms with Crippen LogP contribution >= 0.6 is 0 Å². The van der Waals surface area contributed by atoms with Gasteiger partial charge in [-0.1, -0.05) is 0 Å². The molecule has 86 valence electrons. The highest BCUT2D eigenvalue weighted by Crippen LogP contribution is 2.30. The highest BCUT2D eigenvalue weighted by Gasteiger charge is 2.44. The second-order valence-electron chi connectivity index (χ2n) is 2.58. The zero-order chi connectivity index (χ0) is 11.6. The van der Waals surface area contributed by atoms with Gasteiger partial charge in [0.25, 0.3) is 0 Å². The van der Waals surface area contributed by atoms with E-state index in [9.17, 15) is 30.4 Å². The predicted molar refractivity (Wildman–Crippen MR) is 36.4 cm³/mol. The van der Waals surface area contributed by atoms with Crippen LogP contribution in [0.2, 0.25) is 0 Å². The summed E-state index contributed by atoms with van der Waals surface area (Å²) in [5.74, 6) is 0. The number of halogens is 5. The normalized spacial score (nSPS) is 14.4. The van der Waals surface area contributed by atoms with Crippen molar-refractivity contribution in [3.05, 3.63) is 0 Å². The van der Waals surface area contributed by atoms with E-state index >= 15 is 0 Å². The van der Waals surface area contributed by atoms with E-state index < -0.39 is 40.8 Å². The van der Waals surface area contributed by atoms with Crippen molar-refractivity contribution < 1.29 is 34.9 Å². The summed E-state index contributed by atoms with van der Waals surface area (Å²) in [6.45, 7) is 0. The molecule has 0 aromatic carbocycles. The summed E-state index contributed by atoms with van der Waals surface area (Å²) in [6.07, 6.45) is -8.74. The fraction of sp³-hybridized carbons (Fsp3) is 1.00. The van der Waals surface area contributed by atoms with E-state index in [0.29, 0.717) is 0 Å². The minimum atomic E-state index is -5.62. The molecule has 14 heavy (non-hydrogen) atoms. The van der Waals surface area contributed by atoms with Crippen molar-refractivity contribution >= 4 is 10.1 Å². The maximum Gasteiger partial charge on any atom is 0.389 e. The Balaban J connectivity index is 4.16. The molecular formula is C5H7F5O3S. The molecule has 0 saturated heterocycles. The first-order valence-corrected chi connectivity index (χ1v) is 4.81. The molecule has 0 aliphatic carbocycles. The van der Waals surface area contributed by atoms with Gasteiger partial charge >= 0.3 is 21.5 Å². The van der Waals surface area contributed by atoms with Crippen molar-refractivity contribution in [1.29, 1.82) is 0 Å². The summed E-state index contributed by atoms with van der Waals surface area (Å²) < 4.78 is 86.8. The Morgan fingerprint density at radius 3 is 1.71 bits per heavy atom. The van der Waals surface area contributed by atoms with Gasteiger partial charge in [0.15, 0.2) is 0 Å². The lowest BCUT2D eigenvalue weighted by Crippen LogP contribution is -2.28. The van der Waals surface area contributed by atoms with Crippen LogP contribution < -0.4 is 0 Å². The average molecular weight is 242 g/mol. The number of rotatable bonds is 4. The smallest absolute Gasteiger partial charge is 0.281 e. The summed E-state index contributed by atoms with van der Waals surface area (Å²) >= 11 is 0. The maximum atomic E-state index is 12.3. The highest BCUT2D eigenvalue weighted by atomic mass is 32.2.